The number of ether oxygens (including phenoxy) is 2. The molecule has 0 aliphatic carbocycles. The molecular formula is C14H29NO2. The summed E-state index contributed by atoms with van der Waals surface area (Å²) in [5.74, 6) is 0. The fourth-order valence-electron chi connectivity index (χ4n) is 2.75. The van der Waals surface area contributed by atoms with Crippen LogP contribution in [0.15, 0.2) is 0 Å². The highest BCUT2D eigenvalue weighted by atomic mass is 16.7. The first-order valence-electron chi connectivity index (χ1n) is 7.15. The molecule has 1 aliphatic rings. The monoisotopic (exact) mass is 243 g/mol. The Balaban J connectivity index is 2.41. The quantitative estimate of drug-likeness (QED) is 0.612. The zero-order valence-electron chi connectivity index (χ0n) is 12.0. The van der Waals surface area contributed by atoms with E-state index in [0.29, 0.717) is 5.41 Å². The molecule has 0 unspecified atom stereocenters. The number of nitrogens with zero attached hydrogens (tertiary/aromatic N) is 1. The third-order valence-corrected chi connectivity index (χ3v) is 4.13. The van der Waals surface area contributed by atoms with Crippen LogP contribution in [0.4, 0.5) is 0 Å². The fourth-order valence-corrected chi connectivity index (χ4v) is 2.75. The van der Waals surface area contributed by atoms with Gasteiger partial charge in [0.2, 0.25) is 0 Å². The molecule has 0 radical (unpaired) electrons. The molecule has 0 aromatic carbocycles. The molecule has 3 nitrogen and oxygen atoms in total. The molecule has 0 spiro atoms. The lowest BCUT2D eigenvalue weighted by molar-refractivity contribution is -0.146. The highest BCUT2D eigenvalue weighted by molar-refractivity contribution is 4.88. The third-order valence-electron chi connectivity index (χ3n) is 4.13. The number of rotatable bonds is 8. The Morgan fingerprint density at radius 2 is 1.65 bits per heavy atom. The van der Waals surface area contributed by atoms with Gasteiger partial charge in [-0.1, -0.05) is 13.8 Å². The van der Waals surface area contributed by atoms with Crippen molar-refractivity contribution in [2.75, 3.05) is 32.8 Å². The standard InChI is InChI=1S/C14H29NO2/c1-5-14(6-2)9-10-15(12-14)11-13(16-7-3)17-8-4/h13H,5-12H2,1-4H3. The summed E-state index contributed by atoms with van der Waals surface area (Å²) in [6.45, 7) is 13.5. The van der Waals surface area contributed by atoms with Gasteiger partial charge in [0.25, 0.3) is 0 Å². The summed E-state index contributed by atoms with van der Waals surface area (Å²) in [4.78, 5) is 2.50. The van der Waals surface area contributed by atoms with Crippen LogP contribution in [0, 0.1) is 5.41 Å². The molecule has 0 amide bonds. The SMILES string of the molecule is CCOC(CN1CCC(CC)(CC)C1)OCC. The molecule has 0 aromatic rings. The Morgan fingerprint density at radius 1 is 1.06 bits per heavy atom. The van der Waals surface area contributed by atoms with E-state index in [1.807, 2.05) is 13.8 Å². The van der Waals surface area contributed by atoms with Gasteiger partial charge in [-0.2, -0.15) is 0 Å². The minimum Gasteiger partial charge on any atom is -0.352 e. The molecule has 0 bridgehead atoms. The van der Waals surface area contributed by atoms with Gasteiger partial charge in [-0.25, -0.2) is 0 Å². The minimum atomic E-state index is -0.0467. The number of likely N-dealkylation sites (tertiary alicyclic amines) is 1. The normalized spacial score (nSPS) is 20.3. The van der Waals surface area contributed by atoms with Gasteiger partial charge >= 0.3 is 0 Å². The molecule has 0 saturated carbocycles. The molecule has 102 valence electrons. The zero-order chi connectivity index (χ0) is 12.7. The summed E-state index contributed by atoms with van der Waals surface area (Å²) >= 11 is 0. The van der Waals surface area contributed by atoms with Crippen LogP contribution in [0.25, 0.3) is 0 Å². The van der Waals surface area contributed by atoms with Gasteiger partial charge in [-0.3, -0.25) is 4.90 Å². The largest absolute Gasteiger partial charge is 0.352 e. The maximum absolute atomic E-state index is 5.62. The number of hydrogen-bond donors (Lipinski definition) is 0. The molecule has 0 atom stereocenters. The van der Waals surface area contributed by atoms with Crippen molar-refractivity contribution in [3.63, 3.8) is 0 Å². The summed E-state index contributed by atoms with van der Waals surface area (Å²) in [5, 5.41) is 0. The Labute approximate surface area is 106 Å². The molecule has 1 aliphatic heterocycles. The molecule has 1 rings (SSSR count). The molecular weight excluding hydrogens is 214 g/mol. The topological polar surface area (TPSA) is 21.7 Å². The highest BCUT2D eigenvalue weighted by Crippen LogP contribution is 2.36. The highest BCUT2D eigenvalue weighted by Gasteiger charge is 2.35. The first kappa shape index (κ1) is 14.9. The third kappa shape index (κ3) is 4.23. The predicted molar refractivity (Wildman–Crippen MR) is 71.1 cm³/mol. The van der Waals surface area contributed by atoms with E-state index in [9.17, 15) is 0 Å². The lowest BCUT2D eigenvalue weighted by atomic mass is 9.82. The Kier molecular flexibility index (Phi) is 6.45. The molecule has 3 heteroatoms. The van der Waals surface area contributed by atoms with Gasteiger partial charge in [-0.05, 0) is 45.1 Å². The van der Waals surface area contributed by atoms with Gasteiger partial charge in [-0.15, -0.1) is 0 Å². The van der Waals surface area contributed by atoms with Crippen LogP contribution >= 0.6 is 0 Å². The summed E-state index contributed by atoms with van der Waals surface area (Å²) in [5.41, 5.74) is 0.545. The van der Waals surface area contributed by atoms with E-state index in [0.717, 1.165) is 19.8 Å². The van der Waals surface area contributed by atoms with Crippen LogP contribution in [-0.4, -0.2) is 44.0 Å². The fraction of sp³-hybridized carbons (Fsp3) is 1.00. The molecule has 0 aromatic heterocycles. The van der Waals surface area contributed by atoms with E-state index in [1.54, 1.807) is 0 Å². The van der Waals surface area contributed by atoms with Crippen molar-refractivity contribution >= 4 is 0 Å². The summed E-state index contributed by atoms with van der Waals surface area (Å²) in [7, 11) is 0. The summed E-state index contributed by atoms with van der Waals surface area (Å²) in [6, 6.07) is 0. The van der Waals surface area contributed by atoms with Crippen LogP contribution in [0.1, 0.15) is 47.0 Å². The first-order chi connectivity index (χ1) is 8.19. The van der Waals surface area contributed by atoms with E-state index in [4.69, 9.17) is 9.47 Å². The van der Waals surface area contributed by atoms with Gasteiger partial charge in [0.1, 0.15) is 0 Å². The lowest BCUT2D eigenvalue weighted by Crippen LogP contribution is -2.35. The second kappa shape index (κ2) is 7.34. The average molecular weight is 243 g/mol. The molecule has 1 heterocycles. The van der Waals surface area contributed by atoms with Crippen molar-refractivity contribution in [2.45, 2.75) is 53.2 Å². The van der Waals surface area contributed by atoms with E-state index in [-0.39, 0.29) is 6.29 Å². The van der Waals surface area contributed by atoms with Crippen molar-refractivity contribution < 1.29 is 9.47 Å². The zero-order valence-corrected chi connectivity index (χ0v) is 12.0. The average Bonchev–Trinajstić information content (AvgIpc) is 2.74. The number of hydrogen-bond acceptors (Lipinski definition) is 3. The van der Waals surface area contributed by atoms with Crippen molar-refractivity contribution in [3.05, 3.63) is 0 Å². The van der Waals surface area contributed by atoms with Crippen LogP contribution in [0.2, 0.25) is 0 Å². The molecule has 0 N–H and O–H groups in total. The van der Waals surface area contributed by atoms with Gasteiger partial charge in [0.05, 0.1) is 0 Å². The van der Waals surface area contributed by atoms with Crippen molar-refractivity contribution in [1.82, 2.24) is 4.90 Å². The van der Waals surface area contributed by atoms with Crippen molar-refractivity contribution in [1.29, 1.82) is 0 Å². The van der Waals surface area contributed by atoms with E-state index in [1.165, 1.54) is 32.4 Å². The summed E-state index contributed by atoms with van der Waals surface area (Å²) < 4.78 is 11.2. The Morgan fingerprint density at radius 3 is 2.06 bits per heavy atom. The molecule has 1 fully saturated rings. The Hall–Kier alpha value is -0.120. The predicted octanol–water partition coefficient (Wildman–Crippen LogP) is 2.90. The van der Waals surface area contributed by atoms with E-state index < -0.39 is 0 Å². The first-order valence-corrected chi connectivity index (χ1v) is 7.15. The summed E-state index contributed by atoms with van der Waals surface area (Å²) in [6.07, 6.45) is 3.85. The smallest absolute Gasteiger partial charge is 0.170 e. The van der Waals surface area contributed by atoms with E-state index >= 15 is 0 Å². The maximum Gasteiger partial charge on any atom is 0.170 e. The van der Waals surface area contributed by atoms with Crippen LogP contribution in [0.3, 0.4) is 0 Å². The second-order valence-corrected chi connectivity index (χ2v) is 5.03. The Bertz CT molecular complexity index is 198. The second-order valence-electron chi connectivity index (χ2n) is 5.03. The minimum absolute atomic E-state index is 0.0467. The van der Waals surface area contributed by atoms with E-state index in [2.05, 4.69) is 18.7 Å². The van der Waals surface area contributed by atoms with Crippen molar-refractivity contribution in [2.24, 2.45) is 5.41 Å². The van der Waals surface area contributed by atoms with Crippen LogP contribution in [0.5, 0.6) is 0 Å². The van der Waals surface area contributed by atoms with Gasteiger partial charge in [0.15, 0.2) is 6.29 Å². The van der Waals surface area contributed by atoms with Crippen LogP contribution < -0.4 is 0 Å². The maximum atomic E-state index is 5.62. The van der Waals surface area contributed by atoms with Gasteiger partial charge < -0.3 is 9.47 Å². The molecule has 17 heavy (non-hydrogen) atoms. The van der Waals surface area contributed by atoms with Crippen LogP contribution in [-0.2, 0) is 9.47 Å². The van der Waals surface area contributed by atoms with Crippen molar-refractivity contribution in [3.8, 4) is 0 Å². The molecule has 1 saturated heterocycles. The lowest BCUT2D eigenvalue weighted by Gasteiger charge is -2.28. The van der Waals surface area contributed by atoms with Gasteiger partial charge in [0, 0.05) is 26.3 Å².